The second-order valence-corrected chi connectivity index (χ2v) is 8.65. The predicted octanol–water partition coefficient (Wildman–Crippen LogP) is 6.17. The third-order valence-corrected chi connectivity index (χ3v) is 6.20. The molecule has 1 aliphatic heterocycles. The summed E-state index contributed by atoms with van der Waals surface area (Å²) in [6.45, 7) is 0.414. The number of rotatable bonds is 4. The normalized spacial score (nSPS) is 18.1. The lowest BCUT2D eigenvalue weighted by Gasteiger charge is -2.33. The zero-order valence-electron chi connectivity index (χ0n) is 17.1. The minimum absolute atomic E-state index is 0.198. The Morgan fingerprint density at radius 1 is 1.09 bits per heavy atom. The number of halogens is 4. The van der Waals surface area contributed by atoms with Gasteiger partial charge in [-0.25, -0.2) is 4.68 Å². The Morgan fingerprint density at radius 3 is 2.52 bits per heavy atom. The molecule has 2 unspecified atom stereocenters. The van der Waals surface area contributed by atoms with Crippen molar-refractivity contribution in [2.45, 2.75) is 31.2 Å². The fraction of sp³-hybridized carbons (Fsp3) is 0.227. The van der Waals surface area contributed by atoms with Crippen molar-refractivity contribution < 1.29 is 13.2 Å². The van der Waals surface area contributed by atoms with Gasteiger partial charge in [0.2, 0.25) is 0 Å². The van der Waals surface area contributed by atoms with Crippen LogP contribution in [0.5, 0.6) is 0 Å². The molecule has 5 rings (SSSR count). The number of hydrogen-bond acceptors (Lipinski definition) is 4. The van der Waals surface area contributed by atoms with Gasteiger partial charge in [-0.1, -0.05) is 54.1 Å². The van der Waals surface area contributed by atoms with Gasteiger partial charge in [0.25, 0.3) is 0 Å². The lowest BCUT2D eigenvalue weighted by molar-refractivity contribution is -0.173. The molecule has 0 fully saturated rings. The maximum absolute atomic E-state index is 14.0. The van der Waals surface area contributed by atoms with Gasteiger partial charge in [0, 0.05) is 17.5 Å². The molecule has 0 saturated carbocycles. The van der Waals surface area contributed by atoms with Crippen LogP contribution in [0.2, 0.25) is 5.02 Å². The Hall–Kier alpha value is -3.11. The molecule has 170 valence electrons. The first-order valence-electron chi connectivity index (χ1n) is 10.2. The number of hydrogen-bond donors (Lipinski definition) is 2. The second kappa shape index (κ2) is 8.35. The third-order valence-electron chi connectivity index (χ3n) is 5.63. The smallest absolute Gasteiger partial charge is 0.363 e. The zero-order valence-corrected chi connectivity index (χ0v) is 18.6. The molecular formula is C22H18ClF3N6S. The standard InChI is InChI=1S/C22H18ClF3N6S/c23-15-8-6-14(7-9-15)16-10-18(22(24,25)26)32-19(27-16)11-17(30-32)20-28-29-21(33)31(20)12-13-4-2-1-3-5-13/h1-9,11,16,18,27H,10,12H2,(H,29,33). The number of anilines is 1. The molecule has 2 atom stereocenters. The Kier molecular flexibility index (Phi) is 5.49. The van der Waals surface area contributed by atoms with Crippen LogP contribution in [0.15, 0.2) is 60.7 Å². The molecular weight excluding hydrogens is 473 g/mol. The monoisotopic (exact) mass is 490 g/mol. The zero-order chi connectivity index (χ0) is 23.2. The molecule has 2 N–H and O–H groups in total. The molecule has 0 amide bonds. The summed E-state index contributed by atoms with van der Waals surface area (Å²) in [5.41, 5.74) is 2.00. The van der Waals surface area contributed by atoms with Crippen LogP contribution in [-0.4, -0.2) is 30.7 Å². The molecule has 11 heteroatoms. The lowest BCUT2D eigenvalue weighted by atomic mass is 9.97. The summed E-state index contributed by atoms with van der Waals surface area (Å²) in [4.78, 5) is 0. The highest BCUT2D eigenvalue weighted by atomic mass is 35.5. The SMILES string of the molecule is FC(F)(F)C1CC(c2ccc(Cl)cc2)Nc2cc(-c3n[nH]c(=S)n3Cc3ccccc3)nn21. The van der Waals surface area contributed by atoms with E-state index in [-0.39, 0.29) is 12.2 Å². The summed E-state index contributed by atoms with van der Waals surface area (Å²) in [5, 5.41) is 15.0. The molecule has 33 heavy (non-hydrogen) atoms. The first-order chi connectivity index (χ1) is 15.8. The number of fused-ring (bicyclic) bond motifs is 1. The molecule has 0 saturated heterocycles. The number of nitrogens with zero attached hydrogens (tertiary/aromatic N) is 4. The molecule has 4 aromatic rings. The fourth-order valence-electron chi connectivity index (χ4n) is 4.02. The Morgan fingerprint density at radius 2 is 1.82 bits per heavy atom. The number of H-pyrrole nitrogens is 1. The van der Waals surface area contributed by atoms with Crippen molar-refractivity contribution in [3.8, 4) is 11.5 Å². The van der Waals surface area contributed by atoms with Gasteiger partial charge in [-0.15, -0.1) is 0 Å². The van der Waals surface area contributed by atoms with Crippen molar-refractivity contribution in [3.05, 3.63) is 81.6 Å². The van der Waals surface area contributed by atoms with Gasteiger partial charge in [0.05, 0.1) is 12.6 Å². The lowest BCUT2D eigenvalue weighted by Crippen LogP contribution is -2.35. The fourth-order valence-corrected chi connectivity index (χ4v) is 4.34. The van der Waals surface area contributed by atoms with E-state index in [4.69, 9.17) is 23.8 Å². The van der Waals surface area contributed by atoms with E-state index in [2.05, 4.69) is 20.6 Å². The average molecular weight is 491 g/mol. The summed E-state index contributed by atoms with van der Waals surface area (Å²) < 4.78 is 45.1. The summed E-state index contributed by atoms with van der Waals surface area (Å²) in [6.07, 6.45) is -4.67. The van der Waals surface area contributed by atoms with Crippen LogP contribution in [0.3, 0.4) is 0 Å². The highest BCUT2D eigenvalue weighted by molar-refractivity contribution is 7.71. The van der Waals surface area contributed by atoms with Gasteiger partial charge in [0.1, 0.15) is 11.5 Å². The van der Waals surface area contributed by atoms with E-state index in [1.54, 1.807) is 34.9 Å². The van der Waals surface area contributed by atoms with Crippen LogP contribution in [0.1, 0.15) is 29.6 Å². The van der Waals surface area contributed by atoms with E-state index in [0.717, 1.165) is 15.8 Å². The average Bonchev–Trinajstić information content (AvgIpc) is 3.37. The van der Waals surface area contributed by atoms with E-state index in [1.807, 2.05) is 30.3 Å². The number of aromatic amines is 1. The van der Waals surface area contributed by atoms with Gasteiger partial charge in [-0.05, 0) is 35.5 Å². The third kappa shape index (κ3) is 4.28. The van der Waals surface area contributed by atoms with Gasteiger partial charge >= 0.3 is 6.18 Å². The highest BCUT2D eigenvalue weighted by Crippen LogP contribution is 2.44. The first-order valence-corrected chi connectivity index (χ1v) is 11.0. The van der Waals surface area contributed by atoms with Crippen LogP contribution in [0, 0.1) is 4.77 Å². The molecule has 0 bridgehead atoms. The van der Waals surface area contributed by atoms with Crippen LogP contribution < -0.4 is 5.32 Å². The van der Waals surface area contributed by atoms with E-state index < -0.39 is 18.3 Å². The van der Waals surface area contributed by atoms with Crippen molar-refractivity contribution in [2.24, 2.45) is 0 Å². The Bertz CT molecular complexity index is 1330. The summed E-state index contributed by atoms with van der Waals surface area (Å²) in [5.74, 6) is 0.634. The number of benzene rings is 2. The maximum Gasteiger partial charge on any atom is 0.410 e. The molecule has 2 aromatic heterocycles. The quantitative estimate of drug-likeness (QED) is 0.336. The van der Waals surface area contributed by atoms with E-state index >= 15 is 0 Å². The van der Waals surface area contributed by atoms with Crippen LogP contribution >= 0.6 is 23.8 Å². The minimum Gasteiger partial charge on any atom is -0.363 e. The van der Waals surface area contributed by atoms with Gasteiger partial charge in [0.15, 0.2) is 16.6 Å². The Labute approximate surface area is 197 Å². The van der Waals surface area contributed by atoms with Crippen LogP contribution in [0.25, 0.3) is 11.5 Å². The van der Waals surface area contributed by atoms with Gasteiger partial charge in [-0.3, -0.25) is 9.67 Å². The largest absolute Gasteiger partial charge is 0.410 e. The van der Waals surface area contributed by atoms with E-state index in [1.165, 1.54) is 0 Å². The van der Waals surface area contributed by atoms with Crippen LogP contribution in [0.4, 0.5) is 19.0 Å². The first kappa shape index (κ1) is 21.7. The second-order valence-electron chi connectivity index (χ2n) is 7.83. The summed E-state index contributed by atoms with van der Waals surface area (Å²) in [6, 6.07) is 15.6. The highest BCUT2D eigenvalue weighted by Gasteiger charge is 2.46. The van der Waals surface area contributed by atoms with Gasteiger partial charge in [-0.2, -0.15) is 23.4 Å². The van der Waals surface area contributed by atoms with Crippen molar-refractivity contribution in [1.82, 2.24) is 24.5 Å². The molecule has 2 aromatic carbocycles. The Balaban J connectivity index is 1.54. The van der Waals surface area contributed by atoms with Crippen molar-refractivity contribution in [1.29, 1.82) is 0 Å². The number of nitrogens with one attached hydrogen (secondary N) is 2. The minimum atomic E-state index is -4.47. The van der Waals surface area contributed by atoms with Gasteiger partial charge < -0.3 is 5.32 Å². The van der Waals surface area contributed by atoms with Crippen molar-refractivity contribution in [3.63, 3.8) is 0 Å². The van der Waals surface area contributed by atoms with E-state index in [9.17, 15) is 13.2 Å². The molecule has 0 radical (unpaired) electrons. The summed E-state index contributed by atoms with van der Waals surface area (Å²) in [7, 11) is 0. The topological polar surface area (TPSA) is 63.5 Å². The van der Waals surface area contributed by atoms with E-state index in [0.29, 0.717) is 27.9 Å². The van der Waals surface area contributed by atoms with Crippen LogP contribution in [-0.2, 0) is 6.54 Å². The molecule has 3 heterocycles. The molecule has 6 nitrogen and oxygen atoms in total. The van der Waals surface area contributed by atoms with Crippen molar-refractivity contribution >= 4 is 29.6 Å². The number of alkyl halides is 3. The molecule has 0 spiro atoms. The summed E-state index contributed by atoms with van der Waals surface area (Å²) >= 11 is 11.3. The molecule has 1 aliphatic rings. The number of aromatic nitrogens is 5. The maximum atomic E-state index is 14.0. The van der Waals surface area contributed by atoms with Crippen molar-refractivity contribution in [2.75, 3.05) is 5.32 Å². The molecule has 0 aliphatic carbocycles. The predicted molar refractivity (Wildman–Crippen MR) is 122 cm³/mol.